The number of anilines is 4. The van der Waals surface area contributed by atoms with Crippen molar-refractivity contribution in [3.8, 4) is 11.5 Å². The number of urea groups is 2. The van der Waals surface area contributed by atoms with E-state index in [1.54, 1.807) is 60.7 Å². The van der Waals surface area contributed by atoms with E-state index in [0.29, 0.717) is 33.5 Å². The van der Waals surface area contributed by atoms with Gasteiger partial charge in [-0.2, -0.15) is 16.8 Å². The van der Waals surface area contributed by atoms with Gasteiger partial charge in [-0.1, -0.05) is 72.8 Å². The Kier molecular flexibility index (Phi) is 9.85. The first-order chi connectivity index (χ1) is 26.0. The predicted molar refractivity (Wildman–Crippen MR) is 208 cm³/mol. The molecule has 54 heavy (non-hydrogen) atoms. The van der Waals surface area contributed by atoms with Gasteiger partial charge in [-0.25, -0.2) is 9.59 Å². The molecule has 7 aromatic rings. The molecular formula is C40H30N4O8S2. The molecule has 12 nitrogen and oxygen atoms in total. The molecule has 0 saturated carbocycles. The van der Waals surface area contributed by atoms with E-state index in [1.807, 2.05) is 36.4 Å². The molecule has 0 radical (unpaired) electrons. The second-order valence-electron chi connectivity index (χ2n) is 11.8. The van der Waals surface area contributed by atoms with E-state index >= 15 is 0 Å². The predicted octanol–water partition coefficient (Wildman–Crippen LogP) is 8.82. The average Bonchev–Trinajstić information content (AvgIpc) is 3.16. The second-order valence-corrected chi connectivity index (χ2v) is 14.8. The summed E-state index contributed by atoms with van der Waals surface area (Å²) < 4.78 is 62.8. The fourth-order valence-electron chi connectivity index (χ4n) is 5.58. The van der Waals surface area contributed by atoms with Gasteiger partial charge in [0.1, 0.15) is 21.3 Å². The van der Waals surface area contributed by atoms with Crippen LogP contribution in [0.4, 0.5) is 32.3 Å². The number of carbonyl (C=O) groups excluding carboxylic acids is 2. The Morgan fingerprint density at radius 1 is 0.370 bits per heavy atom. The van der Waals surface area contributed by atoms with Gasteiger partial charge in [0.15, 0.2) is 0 Å². The molecule has 0 aromatic heterocycles. The summed E-state index contributed by atoms with van der Waals surface area (Å²) in [5.41, 5.74) is 1.66. The van der Waals surface area contributed by atoms with Gasteiger partial charge in [-0.15, -0.1) is 0 Å². The van der Waals surface area contributed by atoms with Gasteiger partial charge in [-0.05, 0) is 95.7 Å². The highest BCUT2D eigenvalue weighted by atomic mass is 32.2. The monoisotopic (exact) mass is 758 g/mol. The second kappa shape index (κ2) is 15.0. The fourth-order valence-corrected chi connectivity index (χ4v) is 7.89. The highest BCUT2D eigenvalue weighted by molar-refractivity contribution is 7.87. The number of fused-ring (bicyclic) bond motifs is 2. The molecule has 0 saturated heterocycles. The van der Waals surface area contributed by atoms with Crippen molar-refractivity contribution in [2.45, 2.75) is 9.79 Å². The van der Waals surface area contributed by atoms with Crippen LogP contribution < -0.4 is 29.6 Å². The first-order valence-corrected chi connectivity index (χ1v) is 19.1. The topological polar surface area (TPSA) is 169 Å². The lowest BCUT2D eigenvalue weighted by Gasteiger charge is -2.12. The Morgan fingerprint density at radius 2 is 0.667 bits per heavy atom. The average molecular weight is 759 g/mol. The van der Waals surface area contributed by atoms with Gasteiger partial charge >= 0.3 is 32.3 Å². The summed E-state index contributed by atoms with van der Waals surface area (Å²) in [6.07, 6.45) is 0. The van der Waals surface area contributed by atoms with Crippen LogP contribution in [0, 0.1) is 0 Å². The summed E-state index contributed by atoms with van der Waals surface area (Å²) in [7, 11) is -8.23. The van der Waals surface area contributed by atoms with Crippen molar-refractivity contribution in [2.75, 3.05) is 21.3 Å². The first-order valence-electron chi connectivity index (χ1n) is 16.3. The molecule has 0 fully saturated rings. The molecule has 4 amide bonds. The molecular weight excluding hydrogens is 729 g/mol. The van der Waals surface area contributed by atoms with E-state index in [-0.39, 0.29) is 21.3 Å². The first kappa shape index (κ1) is 35.5. The Balaban J connectivity index is 0.887. The van der Waals surface area contributed by atoms with Gasteiger partial charge < -0.3 is 29.6 Å². The lowest BCUT2D eigenvalue weighted by molar-refractivity contribution is 0.261. The van der Waals surface area contributed by atoms with Crippen molar-refractivity contribution in [3.05, 3.63) is 158 Å². The number of hydrogen-bond acceptors (Lipinski definition) is 8. The maximum Gasteiger partial charge on any atom is 0.339 e. The Labute approximate surface area is 310 Å². The van der Waals surface area contributed by atoms with Crippen LogP contribution in [0.2, 0.25) is 0 Å². The summed E-state index contributed by atoms with van der Waals surface area (Å²) in [5, 5.41) is 13.3. The van der Waals surface area contributed by atoms with Gasteiger partial charge in [0.25, 0.3) is 0 Å². The van der Waals surface area contributed by atoms with E-state index in [1.165, 1.54) is 60.7 Å². The molecule has 14 heteroatoms. The fraction of sp³-hybridized carbons (Fsp3) is 0. The number of benzene rings is 7. The summed E-state index contributed by atoms with van der Waals surface area (Å²) >= 11 is 0. The van der Waals surface area contributed by atoms with E-state index in [4.69, 9.17) is 8.37 Å². The molecule has 0 spiro atoms. The quantitative estimate of drug-likeness (QED) is 0.100. The maximum absolute atomic E-state index is 13.0. The van der Waals surface area contributed by atoms with Crippen molar-refractivity contribution in [3.63, 3.8) is 0 Å². The van der Waals surface area contributed by atoms with Crippen LogP contribution in [0.15, 0.2) is 168 Å². The largest absolute Gasteiger partial charge is 0.379 e. The Bertz CT molecular complexity index is 2520. The van der Waals surface area contributed by atoms with E-state index in [9.17, 15) is 26.4 Å². The zero-order valence-electron chi connectivity index (χ0n) is 28.1. The third-order valence-corrected chi connectivity index (χ3v) is 10.7. The smallest absolute Gasteiger partial charge is 0.339 e. The summed E-state index contributed by atoms with van der Waals surface area (Å²) in [5.74, 6) is 0.158. The molecule has 0 bridgehead atoms. The third-order valence-electron chi connectivity index (χ3n) is 8.07. The zero-order chi connectivity index (χ0) is 37.7. The van der Waals surface area contributed by atoms with Crippen LogP contribution in [0.5, 0.6) is 11.5 Å². The number of hydrogen-bond donors (Lipinski definition) is 4. The van der Waals surface area contributed by atoms with E-state index < -0.39 is 32.3 Å². The number of nitrogens with one attached hydrogen (secondary N) is 4. The van der Waals surface area contributed by atoms with Gasteiger partial charge in [0.05, 0.1) is 0 Å². The van der Waals surface area contributed by atoms with E-state index in [0.717, 1.165) is 10.8 Å². The number of amides is 4. The highest BCUT2D eigenvalue weighted by Crippen LogP contribution is 2.28. The normalized spacial score (nSPS) is 11.4. The lowest BCUT2D eigenvalue weighted by atomic mass is 10.1. The van der Waals surface area contributed by atoms with Crippen molar-refractivity contribution >= 4 is 76.6 Å². The van der Waals surface area contributed by atoms with Crippen molar-refractivity contribution in [1.82, 2.24) is 0 Å². The third kappa shape index (κ3) is 8.25. The molecule has 0 atom stereocenters. The standard InChI is InChI=1S/C40H30N4O8S2/c45-39(43-31-19-23-33(24-20-31)51-53(47,48)37-13-5-9-27-7-1-3-11-35(27)37)41-29-15-17-30(18-16-29)42-40(46)44-32-21-25-34(26-22-32)52-54(49,50)38-14-6-10-28-8-2-4-12-36(28)38/h1-26H,(H2,41,43,45)(H2,42,44,46). The SMILES string of the molecule is O=C(Nc1ccc(NC(=O)Nc2ccc(OS(=O)(=O)c3cccc4ccccc34)cc2)cc1)Nc1ccc(OS(=O)(=O)c2cccc3ccccc23)cc1. The minimum absolute atomic E-state index is 0.0508. The Hall–Kier alpha value is -6.90. The summed E-state index contributed by atoms with van der Waals surface area (Å²) in [4.78, 5) is 25.4. The van der Waals surface area contributed by atoms with Gasteiger partial charge in [0, 0.05) is 33.5 Å². The lowest BCUT2D eigenvalue weighted by Crippen LogP contribution is -2.20. The maximum atomic E-state index is 13.0. The molecule has 7 rings (SSSR count). The molecule has 0 unspecified atom stereocenters. The van der Waals surface area contributed by atoms with Gasteiger partial charge in [0.2, 0.25) is 0 Å². The molecule has 0 aliphatic carbocycles. The van der Waals surface area contributed by atoms with Crippen molar-refractivity contribution in [1.29, 1.82) is 0 Å². The van der Waals surface area contributed by atoms with Crippen LogP contribution in [0.3, 0.4) is 0 Å². The zero-order valence-corrected chi connectivity index (χ0v) is 29.7. The molecule has 0 aliphatic rings. The van der Waals surface area contributed by atoms with E-state index in [2.05, 4.69) is 21.3 Å². The minimum atomic E-state index is -4.12. The van der Waals surface area contributed by atoms with Gasteiger partial charge in [-0.3, -0.25) is 0 Å². The molecule has 4 N–H and O–H groups in total. The Morgan fingerprint density at radius 3 is 1.02 bits per heavy atom. The molecule has 0 aliphatic heterocycles. The highest BCUT2D eigenvalue weighted by Gasteiger charge is 2.21. The van der Waals surface area contributed by atoms with Crippen LogP contribution in [0.25, 0.3) is 21.5 Å². The van der Waals surface area contributed by atoms with Crippen LogP contribution >= 0.6 is 0 Å². The van der Waals surface area contributed by atoms with Crippen molar-refractivity contribution < 1.29 is 34.8 Å². The van der Waals surface area contributed by atoms with Crippen LogP contribution in [-0.2, 0) is 20.2 Å². The van der Waals surface area contributed by atoms with Crippen LogP contribution in [0.1, 0.15) is 0 Å². The number of carbonyl (C=O) groups is 2. The molecule has 7 aromatic carbocycles. The van der Waals surface area contributed by atoms with Crippen molar-refractivity contribution in [2.24, 2.45) is 0 Å². The summed E-state index contributed by atoms with van der Waals surface area (Å²) in [6, 6.07) is 41.1. The number of rotatable bonds is 10. The molecule has 270 valence electrons. The molecule has 0 heterocycles. The summed E-state index contributed by atoms with van der Waals surface area (Å²) in [6.45, 7) is 0. The minimum Gasteiger partial charge on any atom is -0.379 e. The van der Waals surface area contributed by atoms with Crippen LogP contribution in [-0.4, -0.2) is 28.9 Å².